The summed E-state index contributed by atoms with van der Waals surface area (Å²) < 4.78 is 10.2. The van der Waals surface area contributed by atoms with Crippen LogP contribution >= 0.6 is 0 Å². The molecule has 0 radical (unpaired) electrons. The van der Waals surface area contributed by atoms with Crippen LogP contribution in [0.25, 0.3) is 0 Å². The van der Waals surface area contributed by atoms with Crippen molar-refractivity contribution >= 4 is 17.9 Å². The van der Waals surface area contributed by atoms with Gasteiger partial charge in [0.2, 0.25) is 6.10 Å². The highest BCUT2D eigenvalue weighted by atomic mass is 16.6. The third kappa shape index (κ3) is 2.38. The summed E-state index contributed by atoms with van der Waals surface area (Å²) in [6, 6.07) is 8.99. The fourth-order valence-electron chi connectivity index (χ4n) is 3.05. The predicted octanol–water partition coefficient (Wildman–Crippen LogP) is 1.74. The molecule has 0 amide bonds. The summed E-state index contributed by atoms with van der Waals surface area (Å²) in [4.78, 5) is 36.0. The summed E-state index contributed by atoms with van der Waals surface area (Å²) in [6.45, 7) is 3.63. The topological polar surface area (TPSA) is 89.9 Å². The number of carboxylic acid groups (broad SMARTS) is 1. The molecule has 2 aliphatic rings. The molecule has 0 unspecified atom stereocenters. The molecule has 1 saturated heterocycles. The Labute approximate surface area is 133 Å². The van der Waals surface area contributed by atoms with E-state index in [0.29, 0.717) is 0 Å². The fourth-order valence-corrected chi connectivity index (χ4v) is 3.05. The number of aliphatic carboxylic acids is 1. The zero-order valence-electron chi connectivity index (χ0n) is 12.9. The lowest BCUT2D eigenvalue weighted by Gasteiger charge is -2.23. The molecule has 6 nitrogen and oxygen atoms in total. The van der Waals surface area contributed by atoms with Crippen molar-refractivity contribution in [2.75, 3.05) is 6.61 Å². The largest absolute Gasteiger partial charge is 0.480 e. The highest BCUT2D eigenvalue weighted by Gasteiger charge is 2.69. The van der Waals surface area contributed by atoms with Gasteiger partial charge in [-0.2, -0.15) is 0 Å². The van der Waals surface area contributed by atoms with Crippen LogP contribution in [0.15, 0.2) is 30.3 Å². The Balaban J connectivity index is 1.82. The molecule has 0 bridgehead atoms. The predicted molar refractivity (Wildman–Crippen MR) is 78.5 cm³/mol. The molecule has 1 saturated carbocycles. The number of hydrogen-bond acceptors (Lipinski definition) is 5. The number of carbonyl (C=O) groups excluding carboxylic acids is 2. The van der Waals surface area contributed by atoms with Gasteiger partial charge in [0.1, 0.15) is 6.61 Å². The average molecular weight is 318 g/mol. The minimum atomic E-state index is -1.61. The van der Waals surface area contributed by atoms with E-state index in [2.05, 4.69) is 0 Å². The van der Waals surface area contributed by atoms with Gasteiger partial charge in [-0.3, -0.25) is 9.59 Å². The monoisotopic (exact) mass is 318 g/mol. The van der Waals surface area contributed by atoms with Crippen LogP contribution in [0.3, 0.4) is 0 Å². The summed E-state index contributed by atoms with van der Waals surface area (Å²) in [7, 11) is 0. The molecule has 122 valence electrons. The molecule has 1 heterocycles. The Morgan fingerprint density at radius 1 is 1.26 bits per heavy atom. The molecule has 2 fully saturated rings. The van der Waals surface area contributed by atoms with E-state index < -0.39 is 40.8 Å². The van der Waals surface area contributed by atoms with Crippen LogP contribution in [-0.4, -0.2) is 35.7 Å². The Hall–Kier alpha value is -2.37. The van der Waals surface area contributed by atoms with Crippen LogP contribution in [0.5, 0.6) is 0 Å². The molecule has 0 spiro atoms. The highest BCUT2D eigenvalue weighted by Crippen LogP contribution is 2.60. The molecule has 1 aliphatic carbocycles. The van der Waals surface area contributed by atoms with Gasteiger partial charge in [-0.05, 0) is 12.0 Å². The molecular formula is C17H18O6. The van der Waals surface area contributed by atoms with Crippen LogP contribution < -0.4 is 0 Å². The van der Waals surface area contributed by atoms with Crippen LogP contribution in [-0.2, 0) is 23.9 Å². The highest BCUT2D eigenvalue weighted by molar-refractivity contribution is 6.05. The smallest absolute Gasteiger partial charge is 0.348 e. The summed E-state index contributed by atoms with van der Waals surface area (Å²) in [5, 5.41) is 9.56. The van der Waals surface area contributed by atoms with E-state index in [1.807, 2.05) is 6.07 Å². The van der Waals surface area contributed by atoms with Crippen molar-refractivity contribution in [3.63, 3.8) is 0 Å². The van der Waals surface area contributed by atoms with Crippen molar-refractivity contribution in [3.05, 3.63) is 35.9 Å². The molecule has 1 aromatic rings. The first-order valence-electron chi connectivity index (χ1n) is 7.45. The number of benzene rings is 1. The van der Waals surface area contributed by atoms with Crippen molar-refractivity contribution in [1.82, 2.24) is 0 Å². The van der Waals surface area contributed by atoms with Gasteiger partial charge in [0.15, 0.2) is 5.41 Å². The second-order valence-corrected chi connectivity index (χ2v) is 6.83. The Morgan fingerprint density at radius 2 is 1.91 bits per heavy atom. The summed E-state index contributed by atoms with van der Waals surface area (Å²) in [5.74, 6) is -3.15. The zero-order chi connectivity index (χ0) is 16.8. The summed E-state index contributed by atoms with van der Waals surface area (Å²) >= 11 is 0. The van der Waals surface area contributed by atoms with E-state index in [1.54, 1.807) is 38.1 Å². The lowest BCUT2D eigenvalue weighted by Crippen LogP contribution is -2.39. The number of rotatable bonds is 4. The van der Waals surface area contributed by atoms with E-state index in [4.69, 9.17) is 9.47 Å². The Bertz CT molecular complexity index is 665. The maximum Gasteiger partial charge on any atom is 0.348 e. The van der Waals surface area contributed by atoms with Crippen molar-refractivity contribution in [2.45, 2.75) is 32.3 Å². The maximum atomic E-state index is 12.5. The van der Waals surface area contributed by atoms with Crippen molar-refractivity contribution < 1.29 is 29.0 Å². The lowest BCUT2D eigenvalue weighted by molar-refractivity contribution is -0.173. The average Bonchev–Trinajstić information content (AvgIpc) is 3.22. The van der Waals surface area contributed by atoms with Crippen LogP contribution in [0.4, 0.5) is 0 Å². The minimum absolute atomic E-state index is 0.145. The van der Waals surface area contributed by atoms with Crippen LogP contribution in [0.2, 0.25) is 0 Å². The molecule has 1 aromatic carbocycles. The number of carbonyl (C=O) groups is 3. The third-order valence-electron chi connectivity index (χ3n) is 4.64. The zero-order valence-corrected chi connectivity index (χ0v) is 12.9. The second kappa shape index (κ2) is 5.08. The second-order valence-electron chi connectivity index (χ2n) is 6.83. The van der Waals surface area contributed by atoms with Crippen molar-refractivity contribution in [3.8, 4) is 0 Å². The van der Waals surface area contributed by atoms with E-state index in [9.17, 15) is 19.5 Å². The van der Waals surface area contributed by atoms with Gasteiger partial charge in [-0.1, -0.05) is 44.2 Å². The first-order valence-corrected chi connectivity index (χ1v) is 7.45. The Kier molecular flexibility index (Phi) is 3.43. The van der Waals surface area contributed by atoms with Crippen molar-refractivity contribution in [1.29, 1.82) is 0 Å². The van der Waals surface area contributed by atoms with E-state index in [0.717, 1.165) is 5.56 Å². The van der Waals surface area contributed by atoms with Gasteiger partial charge in [-0.25, -0.2) is 4.79 Å². The van der Waals surface area contributed by atoms with Crippen LogP contribution in [0, 0.1) is 10.8 Å². The van der Waals surface area contributed by atoms with Gasteiger partial charge in [0.05, 0.1) is 0 Å². The maximum absolute atomic E-state index is 12.5. The fraction of sp³-hybridized carbons (Fsp3) is 0.471. The SMILES string of the molecule is CC1(C)COC(=O)[C@@H]1OC(=O)[C@@]1(C(=O)O)C[C@@H]1c1ccccc1. The number of carboxylic acids is 1. The molecular weight excluding hydrogens is 300 g/mol. The molecule has 23 heavy (non-hydrogen) atoms. The standard InChI is InChI=1S/C17H18O6/c1-16(2)9-22-13(18)12(16)23-15(21)17(14(19)20)8-11(17)10-6-4-3-5-7-10/h3-7,11-12H,8-9H2,1-2H3,(H,19,20)/t11-,12+,17+/m1/s1. The van der Waals surface area contributed by atoms with Gasteiger partial charge < -0.3 is 14.6 Å². The molecule has 1 aliphatic heterocycles. The van der Waals surface area contributed by atoms with E-state index >= 15 is 0 Å². The first-order chi connectivity index (χ1) is 10.8. The number of cyclic esters (lactones) is 1. The lowest BCUT2D eigenvalue weighted by atomic mass is 9.89. The number of ether oxygens (including phenoxy) is 2. The molecule has 1 N–H and O–H groups in total. The third-order valence-corrected chi connectivity index (χ3v) is 4.64. The molecule has 6 heteroatoms. The van der Waals surface area contributed by atoms with Gasteiger partial charge >= 0.3 is 17.9 Å². The van der Waals surface area contributed by atoms with Crippen LogP contribution in [0.1, 0.15) is 31.7 Å². The first kappa shape index (κ1) is 15.5. The summed E-state index contributed by atoms with van der Waals surface area (Å²) in [6.07, 6.45) is -0.892. The molecule has 3 atom stereocenters. The minimum Gasteiger partial charge on any atom is -0.480 e. The molecule has 0 aromatic heterocycles. The normalized spacial score (nSPS) is 31.3. The van der Waals surface area contributed by atoms with E-state index in [1.165, 1.54) is 0 Å². The summed E-state index contributed by atoms with van der Waals surface area (Å²) in [5.41, 5.74) is -1.50. The number of esters is 2. The van der Waals surface area contributed by atoms with Crippen molar-refractivity contribution in [2.24, 2.45) is 10.8 Å². The van der Waals surface area contributed by atoms with Gasteiger partial charge in [-0.15, -0.1) is 0 Å². The van der Waals surface area contributed by atoms with E-state index in [-0.39, 0.29) is 13.0 Å². The molecule has 3 rings (SSSR count). The Morgan fingerprint density at radius 3 is 2.43 bits per heavy atom. The quantitative estimate of drug-likeness (QED) is 0.672. The van der Waals surface area contributed by atoms with Gasteiger partial charge in [0, 0.05) is 11.3 Å². The van der Waals surface area contributed by atoms with Gasteiger partial charge in [0.25, 0.3) is 0 Å². The number of hydrogen-bond donors (Lipinski definition) is 1.